The summed E-state index contributed by atoms with van der Waals surface area (Å²) in [4.78, 5) is 39.2. The summed E-state index contributed by atoms with van der Waals surface area (Å²) in [7, 11) is 0. The summed E-state index contributed by atoms with van der Waals surface area (Å²) >= 11 is 0. The van der Waals surface area contributed by atoms with Crippen LogP contribution in [0.15, 0.2) is 48.5 Å². The second kappa shape index (κ2) is 9.29. The van der Waals surface area contributed by atoms with Gasteiger partial charge in [0.25, 0.3) is 11.6 Å². The number of carbonyl (C=O) groups excluding carboxylic acids is 2. The van der Waals surface area contributed by atoms with E-state index in [4.69, 9.17) is 0 Å². The van der Waals surface area contributed by atoms with Crippen molar-refractivity contribution in [2.24, 2.45) is 0 Å². The van der Waals surface area contributed by atoms with Gasteiger partial charge in [0.1, 0.15) is 0 Å². The van der Waals surface area contributed by atoms with Crippen LogP contribution in [0.1, 0.15) is 21.5 Å². The lowest BCUT2D eigenvalue weighted by Gasteiger charge is -2.34. The number of amides is 2. The normalized spacial score (nSPS) is 14.4. The summed E-state index contributed by atoms with van der Waals surface area (Å²) in [5, 5.41) is 13.6. The number of hydrogen-bond acceptors (Lipinski definition) is 5. The number of nitro groups is 1. The van der Waals surface area contributed by atoms with Gasteiger partial charge in [-0.15, -0.1) is 0 Å². The number of hydrogen-bond donors (Lipinski definition) is 1. The first-order valence-corrected chi connectivity index (χ1v) is 9.51. The number of piperazine rings is 1. The predicted octanol–water partition coefficient (Wildman–Crippen LogP) is 1.98. The molecule has 8 heteroatoms. The Hall–Kier alpha value is -3.26. The molecule has 0 radical (unpaired) electrons. The average molecular weight is 396 g/mol. The van der Waals surface area contributed by atoms with Crippen molar-refractivity contribution in [3.63, 3.8) is 0 Å². The third-order valence-corrected chi connectivity index (χ3v) is 5.04. The average Bonchev–Trinajstić information content (AvgIpc) is 2.73. The molecule has 0 saturated carbocycles. The first-order valence-electron chi connectivity index (χ1n) is 9.51. The highest BCUT2D eigenvalue weighted by molar-refractivity contribution is 5.97. The van der Waals surface area contributed by atoms with E-state index < -0.39 is 10.8 Å². The van der Waals surface area contributed by atoms with E-state index in [9.17, 15) is 19.7 Å². The molecule has 0 unspecified atom stereocenters. The lowest BCUT2D eigenvalue weighted by atomic mass is 10.1. The van der Waals surface area contributed by atoms with E-state index in [0.717, 1.165) is 19.6 Å². The molecular weight excluding hydrogens is 372 g/mol. The zero-order chi connectivity index (χ0) is 20.8. The molecule has 2 aromatic rings. The Morgan fingerprint density at radius 3 is 2.41 bits per heavy atom. The molecule has 1 heterocycles. The van der Waals surface area contributed by atoms with Crippen LogP contribution in [-0.4, -0.2) is 59.3 Å². The maximum absolute atomic E-state index is 12.4. The maximum Gasteiger partial charge on any atom is 0.273 e. The molecule has 0 bridgehead atoms. The number of nitro benzene ring substituents is 1. The topological polar surface area (TPSA) is 95.8 Å². The quantitative estimate of drug-likeness (QED) is 0.595. The van der Waals surface area contributed by atoms with Gasteiger partial charge >= 0.3 is 0 Å². The zero-order valence-corrected chi connectivity index (χ0v) is 16.3. The van der Waals surface area contributed by atoms with E-state index in [1.54, 1.807) is 11.8 Å². The van der Waals surface area contributed by atoms with Crippen molar-refractivity contribution in [2.75, 3.05) is 32.7 Å². The van der Waals surface area contributed by atoms with E-state index >= 15 is 0 Å². The van der Waals surface area contributed by atoms with Crippen LogP contribution in [0.25, 0.3) is 0 Å². The van der Waals surface area contributed by atoms with Crippen LogP contribution in [0.4, 0.5) is 5.69 Å². The number of rotatable bonds is 6. The van der Waals surface area contributed by atoms with Crippen molar-refractivity contribution >= 4 is 17.5 Å². The van der Waals surface area contributed by atoms with Crippen LogP contribution in [0, 0.1) is 17.0 Å². The van der Waals surface area contributed by atoms with Crippen LogP contribution in [0.2, 0.25) is 0 Å². The van der Waals surface area contributed by atoms with Gasteiger partial charge in [-0.25, -0.2) is 0 Å². The minimum atomic E-state index is -0.522. The predicted molar refractivity (Wildman–Crippen MR) is 108 cm³/mol. The molecule has 1 N–H and O–H groups in total. The Morgan fingerprint density at radius 1 is 1.07 bits per heavy atom. The van der Waals surface area contributed by atoms with Crippen molar-refractivity contribution < 1.29 is 14.5 Å². The standard InChI is InChI=1S/C21H24N4O4/c1-16-7-8-18(13-19(16)25(28)29)21(27)22-14-20(26)24-11-9-23(10-12-24)15-17-5-3-2-4-6-17/h2-8,13H,9-12,14-15H2,1H3,(H,22,27). The molecule has 1 aliphatic heterocycles. The molecule has 152 valence electrons. The van der Waals surface area contributed by atoms with Gasteiger partial charge in [-0.3, -0.25) is 24.6 Å². The summed E-state index contributed by atoms with van der Waals surface area (Å²) in [6.45, 7) is 5.11. The van der Waals surface area contributed by atoms with Crippen LogP contribution >= 0.6 is 0 Å². The molecule has 3 rings (SSSR count). The third kappa shape index (κ3) is 5.39. The minimum absolute atomic E-state index is 0.112. The summed E-state index contributed by atoms with van der Waals surface area (Å²) in [5.41, 5.74) is 1.78. The van der Waals surface area contributed by atoms with E-state index in [2.05, 4.69) is 22.3 Å². The first-order chi connectivity index (χ1) is 13.9. The van der Waals surface area contributed by atoms with Crippen LogP contribution in [0.3, 0.4) is 0 Å². The second-order valence-electron chi connectivity index (χ2n) is 7.08. The molecule has 2 aromatic carbocycles. The molecule has 0 atom stereocenters. The third-order valence-electron chi connectivity index (χ3n) is 5.04. The van der Waals surface area contributed by atoms with E-state index in [1.807, 2.05) is 18.2 Å². The lowest BCUT2D eigenvalue weighted by molar-refractivity contribution is -0.385. The smallest absolute Gasteiger partial charge is 0.273 e. The van der Waals surface area contributed by atoms with Gasteiger partial charge in [0.05, 0.1) is 11.5 Å². The molecular formula is C21H24N4O4. The molecule has 0 aromatic heterocycles. The van der Waals surface area contributed by atoms with Crippen LogP contribution in [-0.2, 0) is 11.3 Å². The molecule has 0 spiro atoms. The van der Waals surface area contributed by atoms with Crippen molar-refractivity contribution in [1.29, 1.82) is 0 Å². The Bertz CT molecular complexity index is 893. The number of nitrogens with zero attached hydrogens (tertiary/aromatic N) is 3. The number of carbonyl (C=O) groups is 2. The maximum atomic E-state index is 12.4. The summed E-state index contributed by atoms with van der Waals surface area (Å²) in [6, 6.07) is 14.5. The van der Waals surface area contributed by atoms with Crippen molar-refractivity contribution in [2.45, 2.75) is 13.5 Å². The second-order valence-corrected chi connectivity index (χ2v) is 7.08. The Morgan fingerprint density at radius 2 is 1.76 bits per heavy atom. The van der Waals surface area contributed by atoms with Gasteiger partial charge in [0, 0.05) is 49.9 Å². The molecule has 2 amide bonds. The van der Waals surface area contributed by atoms with E-state index in [-0.39, 0.29) is 23.7 Å². The zero-order valence-electron chi connectivity index (χ0n) is 16.3. The Labute approximate surface area is 169 Å². The van der Waals surface area contributed by atoms with Gasteiger partial charge in [0.15, 0.2) is 0 Å². The SMILES string of the molecule is Cc1ccc(C(=O)NCC(=O)N2CCN(Cc3ccccc3)CC2)cc1[N+](=O)[O-]. The highest BCUT2D eigenvalue weighted by Gasteiger charge is 2.22. The minimum Gasteiger partial charge on any atom is -0.343 e. The Balaban J connectivity index is 1.47. The fourth-order valence-electron chi connectivity index (χ4n) is 3.31. The van der Waals surface area contributed by atoms with Crippen LogP contribution < -0.4 is 5.32 Å². The van der Waals surface area contributed by atoms with Crippen molar-refractivity contribution in [3.8, 4) is 0 Å². The van der Waals surface area contributed by atoms with Gasteiger partial charge in [-0.2, -0.15) is 0 Å². The lowest BCUT2D eigenvalue weighted by Crippen LogP contribution is -2.50. The van der Waals surface area contributed by atoms with E-state index in [0.29, 0.717) is 18.7 Å². The van der Waals surface area contributed by atoms with Crippen molar-refractivity contribution in [1.82, 2.24) is 15.1 Å². The summed E-state index contributed by atoms with van der Waals surface area (Å²) in [6.07, 6.45) is 0. The fourth-order valence-corrected chi connectivity index (χ4v) is 3.31. The van der Waals surface area contributed by atoms with Gasteiger partial charge in [0.2, 0.25) is 5.91 Å². The largest absolute Gasteiger partial charge is 0.343 e. The molecule has 1 aliphatic rings. The number of aryl methyl sites for hydroxylation is 1. The van der Waals surface area contributed by atoms with Gasteiger partial charge in [-0.05, 0) is 18.6 Å². The molecule has 0 aliphatic carbocycles. The fraction of sp³-hybridized carbons (Fsp3) is 0.333. The monoisotopic (exact) mass is 396 g/mol. The van der Waals surface area contributed by atoms with Crippen molar-refractivity contribution in [3.05, 3.63) is 75.3 Å². The molecule has 1 fully saturated rings. The number of benzene rings is 2. The highest BCUT2D eigenvalue weighted by Crippen LogP contribution is 2.19. The van der Waals surface area contributed by atoms with Crippen LogP contribution in [0.5, 0.6) is 0 Å². The summed E-state index contributed by atoms with van der Waals surface area (Å²) < 4.78 is 0. The summed E-state index contributed by atoms with van der Waals surface area (Å²) in [5.74, 6) is -0.650. The van der Waals surface area contributed by atoms with Gasteiger partial charge < -0.3 is 10.2 Å². The molecule has 8 nitrogen and oxygen atoms in total. The number of nitrogens with one attached hydrogen (secondary N) is 1. The van der Waals surface area contributed by atoms with E-state index in [1.165, 1.54) is 23.8 Å². The first kappa shape index (κ1) is 20.5. The Kier molecular flexibility index (Phi) is 6.56. The van der Waals surface area contributed by atoms with Gasteiger partial charge in [-0.1, -0.05) is 36.4 Å². The molecule has 1 saturated heterocycles. The molecule has 29 heavy (non-hydrogen) atoms. The highest BCUT2D eigenvalue weighted by atomic mass is 16.6.